The predicted molar refractivity (Wildman–Crippen MR) is 43.3 cm³/mol. The number of carbonyl (C=O) groups excluding carboxylic acids is 1. The summed E-state index contributed by atoms with van der Waals surface area (Å²) in [6, 6.07) is 0. The van der Waals surface area contributed by atoms with Gasteiger partial charge in [0.15, 0.2) is 0 Å². The quantitative estimate of drug-likeness (QED) is 0.558. The van der Waals surface area contributed by atoms with E-state index >= 15 is 0 Å². The van der Waals surface area contributed by atoms with Gasteiger partial charge in [0.1, 0.15) is 5.78 Å². The normalized spacial score (nSPS) is 43.3. The van der Waals surface area contributed by atoms with E-state index in [4.69, 9.17) is 0 Å². The van der Waals surface area contributed by atoms with Crippen molar-refractivity contribution in [1.29, 1.82) is 0 Å². The SMILES string of the molecule is CC(=O)C1CC12CCN(C)C2. The van der Waals surface area contributed by atoms with Crippen LogP contribution < -0.4 is 0 Å². The van der Waals surface area contributed by atoms with E-state index in [1.54, 1.807) is 6.92 Å². The lowest BCUT2D eigenvalue weighted by Crippen LogP contribution is -2.16. The Labute approximate surface area is 67.6 Å². The zero-order chi connectivity index (χ0) is 8.06. The number of hydrogen-bond acceptors (Lipinski definition) is 2. The Kier molecular flexibility index (Phi) is 1.37. The van der Waals surface area contributed by atoms with E-state index in [9.17, 15) is 4.79 Å². The average Bonchev–Trinajstić information content (AvgIpc) is 2.48. The van der Waals surface area contributed by atoms with Gasteiger partial charge in [0.25, 0.3) is 0 Å². The highest BCUT2D eigenvalue weighted by Crippen LogP contribution is 2.58. The first kappa shape index (κ1) is 7.29. The second-order valence-electron chi connectivity index (χ2n) is 4.22. The van der Waals surface area contributed by atoms with Crippen LogP contribution in [0.2, 0.25) is 0 Å². The van der Waals surface area contributed by atoms with Crippen LogP contribution >= 0.6 is 0 Å². The van der Waals surface area contributed by atoms with Crippen molar-refractivity contribution in [3.8, 4) is 0 Å². The Hall–Kier alpha value is -0.370. The van der Waals surface area contributed by atoms with Gasteiger partial charge < -0.3 is 4.90 Å². The molecule has 2 unspecified atom stereocenters. The summed E-state index contributed by atoms with van der Waals surface area (Å²) in [6.07, 6.45) is 2.40. The first-order valence-corrected chi connectivity index (χ1v) is 4.33. The fraction of sp³-hybridized carbons (Fsp3) is 0.889. The van der Waals surface area contributed by atoms with Gasteiger partial charge in [-0.1, -0.05) is 0 Å². The summed E-state index contributed by atoms with van der Waals surface area (Å²) in [4.78, 5) is 13.4. The molecule has 2 fully saturated rings. The molecule has 2 heteroatoms. The van der Waals surface area contributed by atoms with Crippen molar-refractivity contribution in [1.82, 2.24) is 4.90 Å². The van der Waals surface area contributed by atoms with Crippen LogP contribution in [0.4, 0.5) is 0 Å². The van der Waals surface area contributed by atoms with E-state index in [1.165, 1.54) is 13.0 Å². The van der Waals surface area contributed by atoms with E-state index in [1.807, 2.05) is 0 Å². The van der Waals surface area contributed by atoms with E-state index in [-0.39, 0.29) is 0 Å². The Morgan fingerprint density at radius 3 is 2.73 bits per heavy atom. The first-order valence-electron chi connectivity index (χ1n) is 4.33. The van der Waals surface area contributed by atoms with Crippen LogP contribution in [0.25, 0.3) is 0 Å². The maximum atomic E-state index is 11.1. The van der Waals surface area contributed by atoms with Crippen molar-refractivity contribution in [2.75, 3.05) is 20.1 Å². The molecule has 1 aliphatic carbocycles. The molecule has 2 aliphatic rings. The van der Waals surface area contributed by atoms with Crippen LogP contribution in [0.15, 0.2) is 0 Å². The van der Waals surface area contributed by atoms with E-state index in [0.717, 1.165) is 13.0 Å². The van der Waals surface area contributed by atoms with Gasteiger partial charge in [0, 0.05) is 12.5 Å². The molecule has 2 rings (SSSR count). The zero-order valence-electron chi connectivity index (χ0n) is 7.26. The third-order valence-corrected chi connectivity index (χ3v) is 3.26. The summed E-state index contributed by atoms with van der Waals surface area (Å²) in [7, 11) is 2.14. The zero-order valence-corrected chi connectivity index (χ0v) is 7.26. The summed E-state index contributed by atoms with van der Waals surface area (Å²) in [5.41, 5.74) is 0.431. The molecule has 1 spiro atoms. The highest BCUT2D eigenvalue weighted by atomic mass is 16.1. The number of ketones is 1. The molecule has 0 aromatic heterocycles. The molecule has 62 valence electrons. The number of nitrogens with zero attached hydrogens (tertiary/aromatic N) is 1. The van der Waals surface area contributed by atoms with Gasteiger partial charge in [-0.05, 0) is 38.8 Å². The van der Waals surface area contributed by atoms with Crippen LogP contribution in [0.3, 0.4) is 0 Å². The molecule has 11 heavy (non-hydrogen) atoms. The molecule has 0 aromatic rings. The van der Waals surface area contributed by atoms with Crippen LogP contribution in [0.1, 0.15) is 19.8 Å². The minimum absolute atomic E-state index is 0.403. The number of Topliss-reactive ketones (excluding diaryl/α,β-unsaturated/α-hetero) is 1. The number of rotatable bonds is 1. The minimum Gasteiger partial charge on any atom is -0.306 e. The highest BCUT2D eigenvalue weighted by molar-refractivity contribution is 5.82. The summed E-state index contributed by atoms with van der Waals surface area (Å²) in [6.45, 7) is 4.07. The largest absolute Gasteiger partial charge is 0.306 e. The second-order valence-corrected chi connectivity index (χ2v) is 4.22. The highest BCUT2D eigenvalue weighted by Gasteiger charge is 2.58. The maximum absolute atomic E-state index is 11.1. The summed E-state index contributed by atoms with van der Waals surface area (Å²) < 4.78 is 0. The van der Waals surface area contributed by atoms with Crippen molar-refractivity contribution in [2.24, 2.45) is 11.3 Å². The Bertz CT molecular complexity index is 202. The fourth-order valence-electron chi connectivity index (χ4n) is 2.48. The lowest BCUT2D eigenvalue weighted by atomic mass is 10.0. The second kappa shape index (κ2) is 2.07. The average molecular weight is 153 g/mol. The van der Waals surface area contributed by atoms with Crippen molar-refractivity contribution in [3.05, 3.63) is 0 Å². The molecule has 1 heterocycles. The summed E-state index contributed by atoms with van der Waals surface area (Å²) in [5, 5.41) is 0. The van der Waals surface area contributed by atoms with Gasteiger partial charge in [-0.2, -0.15) is 0 Å². The minimum atomic E-state index is 0.403. The number of hydrogen-bond donors (Lipinski definition) is 0. The molecule has 0 bridgehead atoms. The molecular weight excluding hydrogens is 138 g/mol. The first-order chi connectivity index (χ1) is 5.14. The molecule has 2 nitrogen and oxygen atoms in total. The Balaban J connectivity index is 2.02. The lowest BCUT2D eigenvalue weighted by molar-refractivity contribution is -0.118. The van der Waals surface area contributed by atoms with Crippen LogP contribution in [0.5, 0.6) is 0 Å². The molecule has 0 amide bonds. The molecule has 2 atom stereocenters. The smallest absolute Gasteiger partial charge is 0.133 e. The predicted octanol–water partition coefficient (Wildman–Crippen LogP) is 0.917. The van der Waals surface area contributed by atoms with Crippen molar-refractivity contribution >= 4 is 5.78 Å². The summed E-state index contributed by atoms with van der Waals surface area (Å²) >= 11 is 0. The van der Waals surface area contributed by atoms with E-state index < -0.39 is 0 Å². The van der Waals surface area contributed by atoms with Crippen molar-refractivity contribution in [2.45, 2.75) is 19.8 Å². The van der Waals surface area contributed by atoms with Gasteiger partial charge >= 0.3 is 0 Å². The fourth-order valence-corrected chi connectivity index (χ4v) is 2.48. The van der Waals surface area contributed by atoms with Crippen LogP contribution in [-0.4, -0.2) is 30.8 Å². The third kappa shape index (κ3) is 1.00. The van der Waals surface area contributed by atoms with Gasteiger partial charge in [-0.3, -0.25) is 4.79 Å². The number of likely N-dealkylation sites (tertiary alicyclic amines) is 1. The molecule has 0 N–H and O–H groups in total. The third-order valence-electron chi connectivity index (χ3n) is 3.26. The van der Waals surface area contributed by atoms with E-state index in [2.05, 4.69) is 11.9 Å². The lowest BCUT2D eigenvalue weighted by Gasteiger charge is -2.07. The van der Waals surface area contributed by atoms with Gasteiger partial charge in [0.05, 0.1) is 0 Å². The van der Waals surface area contributed by atoms with Gasteiger partial charge in [-0.25, -0.2) is 0 Å². The molecular formula is C9H15NO. The maximum Gasteiger partial charge on any atom is 0.133 e. The van der Waals surface area contributed by atoms with Gasteiger partial charge in [0.2, 0.25) is 0 Å². The number of carbonyl (C=O) groups is 1. The molecule has 1 saturated carbocycles. The molecule has 1 saturated heterocycles. The summed E-state index contributed by atoms with van der Waals surface area (Å²) in [5.74, 6) is 0.813. The molecule has 1 aliphatic heterocycles. The standard InChI is InChI=1S/C9H15NO/c1-7(11)8-5-9(8)3-4-10(2)6-9/h8H,3-6H2,1-2H3. The van der Waals surface area contributed by atoms with Crippen molar-refractivity contribution < 1.29 is 4.79 Å². The van der Waals surface area contributed by atoms with Gasteiger partial charge in [-0.15, -0.1) is 0 Å². The monoisotopic (exact) mass is 153 g/mol. The Morgan fingerprint density at radius 1 is 1.64 bits per heavy atom. The van der Waals surface area contributed by atoms with E-state index in [0.29, 0.717) is 17.1 Å². The molecule has 0 aromatic carbocycles. The van der Waals surface area contributed by atoms with Crippen LogP contribution in [-0.2, 0) is 4.79 Å². The van der Waals surface area contributed by atoms with Crippen molar-refractivity contribution in [3.63, 3.8) is 0 Å². The van der Waals surface area contributed by atoms with Crippen LogP contribution in [0, 0.1) is 11.3 Å². The Morgan fingerprint density at radius 2 is 2.36 bits per heavy atom. The topological polar surface area (TPSA) is 20.3 Å². The molecule has 0 radical (unpaired) electrons.